The van der Waals surface area contributed by atoms with Gasteiger partial charge < -0.3 is 9.80 Å². The lowest BCUT2D eigenvalue weighted by Crippen LogP contribution is -2.53. The van der Waals surface area contributed by atoms with Crippen molar-refractivity contribution in [2.75, 3.05) is 45.8 Å². The van der Waals surface area contributed by atoms with Crippen LogP contribution in [0.5, 0.6) is 0 Å². The van der Waals surface area contributed by atoms with Crippen molar-refractivity contribution in [1.29, 1.82) is 0 Å². The molecule has 190 valence electrons. The number of carbonyl (C=O) groups excluding carboxylic acids is 2. The molecule has 0 N–H and O–H groups in total. The molecule has 6 rings (SSSR count). The summed E-state index contributed by atoms with van der Waals surface area (Å²) < 4.78 is 0. The summed E-state index contributed by atoms with van der Waals surface area (Å²) in [5, 5.41) is 0. The van der Waals surface area contributed by atoms with Gasteiger partial charge in [0.1, 0.15) is 0 Å². The van der Waals surface area contributed by atoms with Gasteiger partial charge in [0.15, 0.2) is 0 Å². The number of rotatable bonds is 8. The molecule has 2 atom stereocenters. The Balaban J connectivity index is 1.18. The lowest BCUT2D eigenvalue weighted by atomic mass is 9.49. The van der Waals surface area contributed by atoms with Crippen LogP contribution < -0.4 is 0 Å². The van der Waals surface area contributed by atoms with Gasteiger partial charge in [0, 0.05) is 51.7 Å². The molecule has 1 aliphatic heterocycles. The predicted molar refractivity (Wildman–Crippen MR) is 140 cm³/mol. The summed E-state index contributed by atoms with van der Waals surface area (Å²) in [5.74, 6) is 2.32. The fourth-order valence-corrected chi connectivity index (χ4v) is 6.94. The Kier molecular flexibility index (Phi) is 7.34. The molecule has 0 radical (unpaired) electrons. The summed E-state index contributed by atoms with van der Waals surface area (Å²) in [4.78, 5) is 32.9. The predicted octanol–water partition coefficient (Wildman–Crippen LogP) is 4.38. The molecule has 5 heteroatoms. The van der Waals surface area contributed by atoms with Gasteiger partial charge in [-0.3, -0.25) is 14.5 Å². The molecule has 0 aromatic heterocycles. The van der Waals surface area contributed by atoms with Crippen molar-refractivity contribution < 1.29 is 9.59 Å². The Bertz CT molecular complexity index is 926. The van der Waals surface area contributed by atoms with Crippen LogP contribution >= 0.6 is 0 Å². The number of piperazine rings is 1. The van der Waals surface area contributed by atoms with Crippen LogP contribution in [0.2, 0.25) is 0 Å². The number of nitrogens with zero attached hydrogens (tertiary/aromatic N) is 3. The van der Waals surface area contributed by atoms with E-state index in [-0.39, 0.29) is 11.8 Å². The number of hydrogen-bond donors (Lipinski definition) is 0. The van der Waals surface area contributed by atoms with Gasteiger partial charge in [-0.2, -0.15) is 0 Å². The van der Waals surface area contributed by atoms with E-state index in [1.807, 2.05) is 18.2 Å². The largest absolute Gasteiger partial charge is 0.340 e. The Morgan fingerprint density at radius 1 is 1.03 bits per heavy atom. The standard InChI is InChI=1S/C30H43N3O2/c1-30(2)26-13-12-25(27(30)21-26)22-33(28(34)20-23-8-4-3-5-9-23)19-16-31-14-17-32(18-15-31)29(35)24-10-6-7-11-24/h3-5,8-9,12,24,26-27H,6-7,10-11,13-22H2,1-2H3. The molecule has 35 heavy (non-hydrogen) atoms. The second-order valence-corrected chi connectivity index (χ2v) is 11.9. The van der Waals surface area contributed by atoms with Crippen LogP contribution in [-0.2, 0) is 16.0 Å². The topological polar surface area (TPSA) is 43.9 Å². The lowest BCUT2D eigenvalue weighted by Gasteiger charge is -2.57. The minimum absolute atomic E-state index is 0.228. The molecule has 1 heterocycles. The fourth-order valence-electron chi connectivity index (χ4n) is 6.94. The molecule has 0 spiro atoms. The van der Waals surface area contributed by atoms with E-state index >= 15 is 0 Å². The quantitative estimate of drug-likeness (QED) is 0.522. The number of allylic oxidation sites excluding steroid dienone is 1. The highest BCUT2D eigenvalue weighted by Gasteiger charge is 2.51. The van der Waals surface area contributed by atoms with Crippen LogP contribution in [0.4, 0.5) is 0 Å². The Morgan fingerprint density at radius 3 is 2.40 bits per heavy atom. The van der Waals surface area contributed by atoms with Crippen molar-refractivity contribution in [3.8, 4) is 0 Å². The molecule has 2 saturated carbocycles. The summed E-state index contributed by atoms with van der Waals surface area (Å²) >= 11 is 0. The third-order valence-corrected chi connectivity index (χ3v) is 9.58. The minimum Gasteiger partial charge on any atom is -0.340 e. The normalized spacial score (nSPS) is 26.2. The molecule has 1 aromatic rings. The monoisotopic (exact) mass is 477 g/mol. The maximum Gasteiger partial charge on any atom is 0.227 e. The third-order valence-electron chi connectivity index (χ3n) is 9.58. The summed E-state index contributed by atoms with van der Waals surface area (Å²) in [6, 6.07) is 10.1. The molecule has 3 fully saturated rings. The average molecular weight is 478 g/mol. The van der Waals surface area contributed by atoms with E-state index in [0.717, 1.165) is 76.6 Å². The average Bonchev–Trinajstić information content (AvgIpc) is 3.42. The van der Waals surface area contributed by atoms with Crippen LogP contribution in [0.25, 0.3) is 0 Å². The molecule has 2 amide bonds. The van der Waals surface area contributed by atoms with Gasteiger partial charge in [0.05, 0.1) is 6.42 Å². The maximum absolute atomic E-state index is 13.5. The molecule has 2 unspecified atom stereocenters. The highest BCUT2D eigenvalue weighted by Crippen LogP contribution is 2.59. The van der Waals surface area contributed by atoms with Gasteiger partial charge in [-0.05, 0) is 48.5 Å². The maximum atomic E-state index is 13.5. The fraction of sp³-hybridized carbons (Fsp3) is 0.667. The first-order valence-electron chi connectivity index (χ1n) is 13.9. The van der Waals surface area contributed by atoms with Gasteiger partial charge in [0.25, 0.3) is 0 Å². The van der Waals surface area contributed by atoms with E-state index in [1.165, 1.54) is 24.8 Å². The van der Waals surface area contributed by atoms with Gasteiger partial charge in [-0.25, -0.2) is 0 Å². The summed E-state index contributed by atoms with van der Waals surface area (Å²) in [6.07, 6.45) is 9.91. The summed E-state index contributed by atoms with van der Waals surface area (Å²) in [7, 11) is 0. The van der Waals surface area contributed by atoms with Crippen molar-refractivity contribution in [3.63, 3.8) is 0 Å². The minimum atomic E-state index is 0.228. The molecule has 1 saturated heterocycles. The number of fused-ring (bicyclic) bond motifs is 1. The first-order chi connectivity index (χ1) is 16.9. The van der Waals surface area contributed by atoms with Crippen molar-refractivity contribution in [3.05, 3.63) is 47.5 Å². The molecule has 5 aliphatic rings. The van der Waals surface area contributed by atoms with E-state index in [2.05, 4.69) is 46.8 Å². The van der Waals surface area contributed by atoms with Crippen molar-refractivity contribution >= 4 is 11.8 Å². The summed E-state index contributed by atoms with van der Waals surface area (Å²) in [5.41, 5.74) is 2.94. The second kappa shape index (κ2) is 10.5. The van der Waals surface area contributed by atoms with Crippen LogP contribution in [0.15, 0.2) is 42.0 Å². The Morgan fingerprint density at radius 2 is 1.74 bits per heavy atom. The third kappa shape index (κ3) is 5.35. The SMILES string of the molecule is CC1(C)C2CC=C(CN(CCN3CCN(C(=O)C4CCCC4)CC3)C(=O)Cc3ccccc3)C1C2. The highest BCUT2D eigenvalue weighted by atomic mass is 16.2. The highest BCUT2D eigenvalue weighted by molar-refractivity contribution is 5.79. The molecule has 2 bridgehead atoms. The first kappa shape index (κ1) is 24.5. The van der Waals surface area contributed by atoms with Crippen LogP contribution in [0, 0.1) is 23.2 Å². The van der Waals surface area contributed by atoms with E-state index in [0.29, 0.717) is 23.7 Å². The van der Waals surface area contributed by atoms with E-state index in [1.54, 1.807) is 0 Å². The Hall–Kier alpha value is -2.14. The van der Waals surface area contributed by atoms with Crippen LogP contribution in [0.1, 0.15) is 57.9 Å². The molecule has 5 nitrogen and oxygen atoms in total. The van der Waals surface area contributed by atoms with Crippen LogP contribution in [-0.4, -0.2) is 72.3 Å². The van der Waals surface area contributed by atoms with Crippen LogP contribution in [0.3, 0.4) is 0 Å². The number of amides is 2. The Labute approximate surface area is 211 Å². The molecule has 4 aliphatic carbocycles. The first-order valence-corrected chi connectivity index (χ1v) is 13.9. The zero-order chi connectivity index (χ0) is 24.4. The zero-order valence-corrected chi connectivity index (χ0v) is 21.8. The van der Waals surface area contributed by atoms with E-state index in [9.17, 15) is 9.59 Å². The number of carbonyl (C=O) groups is 2. The smallest absolute Gasteiger partial charge is 0.227 e. The van der Waals surface area contributed by atoms with E-state index < -0.39 is 0 Å². The summed E-state index contributed by atoms with van der Waals surface area (Å²) in [6.45, 7) is 10.7. The second-order valence-electron chi connectivity index (χ2n) is 11.9. The molecular weight excluding hydrogens is 434 g/mol. The van der Waals surface area contributed by atoms with Gasteiger partial charge in [0.2, 0.25) is 11.8 Å². The lowest BCUT2D eigenvalue weighted by molar-refractivity contribution is -0.137. The molecular formula is C30H43N3O2. The van der Waals surface area contributed by atoms with Gasteiger partial charge in [-0.15, -0.1) is 0 Å². The van der Waals surface area contributed by atoms with Crippen molar-refractivity contribution in [2.45, 2.75) is 58.8 Å². The van der Waals surface area contributed by atoms with Crippen molar-refractivity contribution in [2.24, 2.45) is 23.2 Å². The number of benzene rings is 1. The molecule has 1 aromatic carbocycles. The van der Waals surface area contributed by atoms with Gasteiger partial charge in [-0.1, -0.05) is 68.7 Å². The van der Waals surface area contributed by atoms with Gasteiger partial charge >= 0.3 is 0 Å². The zero-order valence-electron chi connectivity index (χ0n) is 21.8. The van der Waals surface area contributed by atoms with E-state index in [4.69, 9.17) is 0 Å². The van der Waals surface area contributed by atoms with Crippen molar-refractivity contribution in [1.82, 2.24) is 14.7 Å². The number of hydrogen-bond acceptors (Lipinski definition) is 3.